The highest BCUT2D eigenvalue weighted by atomic mass is 32.3. The molecule has 5 nitrogen and oxygen atoms in total. The lowest BCUT2D eigenvalue weighted by molar-refractivity contribution is -0.798. The third-order valence-electron chi connectivity index (χ3n) is 3.83. The van der Waals surface area contributed by atoms with Gasteiger partial charge in [0.15, 0.2) is 5.69 Å². The van der Waals surface area contributed by atoms with E-state index in [1.807, 2.05) is 18.2 Å². The lowest BCUT2D eigenvalue weighted by Crippen LogP contribution is -2.78. The van der Waals surface area contributed by atoms with Crippen LogP contribution in [0.5, 0.6) is 0 Å². The first kappa shape index (κ1) is 21.3. The van der Waals surface area contributed by atoms with Gasteiger partial charge in [-0.1, -0.05) is 82.9 Å². The number of nitrogens with two attached hydrogens (primary N) is 1. The van der Waals surface area contributed by atoms with Gasteiger partial charge < -0.3 is 0 Å². The van der Waals surface area contributed by atoms with Crippen LogP contribution in [0.15, 0.2) is 30.3 Å². The summed E-state index contributed by atoms with van der Waals surface area (Å²) in [6, 6.07) is 9.00. The number of hydrogen-bond acceptors (Lipinski definition) is 3. The van der Waals surface area contributed by atoms with Crippen LogP contribution in [0.25, 0.3) is 0 Å². The van der Waals surface area contributed by atoms with Gasteiger partial charge in [0.25, 0.3) is 0 Å². The van der Waals surface area contributed by atoms with Crippen LogP contribution in [-0.2, 0) is 28.0 Å². The highest BCUT2D eigenvalue weighted by Gasteiger charge is 2.37. The van der Waals surface area contributed by atoms with E-state index in [0.717, 1.165) is 19.3 Å². The summed E-state index contributed by atoms with van der Waals surface area (Å²) in [5, 5.41) is 0. The van der Waals surface area contributed by atoms with Gasteiger partial charge in [0.2, 0.25) is 0 Å². The Bertz CT molecular complexity index is 456. The predicted octanol–water partition coefficient (Wildman–Crippen LogP) is 4.43. The van der Waals surface area contributed by atoms with Crippen LogP contribution >= 0.6 is 0 Å². The van der Waals surface area contributed by atoms with Crippen molar-refractivity contribution in [2.75, 3.05) is 6.61 Å². The van der Waals surface area contributed by atoms with E-state index >= 15 is 0 Å². The van der Waals surface area contributed by atoms with Crippen LogP contribution in [-0.4, -0.2) is 6.61 Å². The van der Waals surface area contributed by atoms with Gasteiger partial charge in [-0.05, 0) is 6.42 Å². The summed E-state index contributed by atoms with van der Waals surface area (Å²) in [7, 11) is -3.95. The lowest BCUT2D eigenvalue weighted by Gasteiger charge is -2.02. The first-order valence-corrected chi connectivity index (χ1v) is 10.4. The smallest absolute Gasteiger partial charge is 0.113 e. The van der Waals surface area contributed by atoms with Crippen LogP contribution in [0.4, 0.5) is 5.69 Å². The summed E-state index contributed by atoms with van der Waals surface area (Å²) in [4.78, 5) is 0. The van der Waals surface area contributed by atoms with Crippen molar-refractivity contribution in [2.45, 2.75) is 71.1 Å². The molecular weight excluding hydrogens is 326 g/mol. The van der Waals surface area contributed by atoms with E-state index in [0.29, 0.717) is 5.69 Å². The van der Waals surface area contributed by atoms with Gasteiger partial charge >= 0.3 is 10.8 Å². The summed E-state index contributed by atoms with van der Waals surface area (Å²) in [5.41, 5.74) is 1.87. The minimum absolute atomic E-state index is 0.182. The summed E-state index contributed by atoms with van der Waals surface area (Å²) in [6.07, 6.45) is 12.0. The molecule has 137 valence electrons. The van der Waals surface area contributed by atoms with E-state index in [1.165, 1.54) is 50.4 Å². The Morgan fingerprint density at radius 3 is 2.00 bits per heavy atom. The maximum Gasteiger partial charge on any atom is 0.597 e. The quantitative estimate of drug-likeness (QED) is 0.218. The zero-order valence-corrected chi connectivity index (χ0v) is 15.6. The molecule has 1 rings (SSSR count). The molecule has 0 saturated carbocycles. The highest BCUT2D eigenvalue weighted by molar-refractivity contribution is 7.88. The normalized spacial score (nSPS) is 13.8. The largest absolute Gasteiger partial charge is 0.597 e. The van der Waals surface area contributed by atoms with Crippen molar-refractivity contribution in [3.05, 3.63) is 30.3 Å². The molecule has 1 aromatic carbocycles. The van der Waals surface area contributed by atoms with E-state index in [9.17, 15) is 8.76 Å². The second-order valence-electron chi connectivity index (χ2n) is 6.04. The fourth-order valence-electron chi connectivity index (χ4n) is 2.42. The van der Waals surface area contributed by atoms with Crippen LogP contribution in [0.2, 0.25) is 0 Å². The molecule has 0 aliphatic rings. The van der Waals surface area contributed by atoms with E-state index < -0.39 is 10.8 Å². The molecule has 1 aromatic rings. The van der Waals surface area contributed by atoms with E-state index in [1.54, 1.807) is 12.1 Å². The average molecular weight is 359 g/mol. The van der Waals surface area contributed by atoms with Crippen molar-refractivity contribution in [1.29, 1.82) is 0 Å². The van der Waals surface area contributed by atoms with Gasteiger partial charge in [-0.25, -0.2) is 0 Å². The molecule has 1 atom stereocenters. The summed E-state index contributed by atoms with van der Waals surface area (Å²) in [5.74, 6) is 0. The Hall–Kier alpha value is -0.790. The molecule has 0 fully saturated rings. The predicted molar refractivity (Wildman–Crippen MR) is 95.6 cm³/mol. The van der Waals surface area contributed by atoms with Gasteiger partial charge in [-0.15, -0.1) is 9.66 Å². The molecule has 0 bridgehead atoms. The lowest BCUT2D eigenvalue weighted by atomic mass is 10.1. The fraction of sp³-hybridized carbons (Fsp3) is 0.667. The van der Waals surface area contributed by atoms with Crippen molar-refractivity contribution >= 4 is 16.5 Å². The molecule has 6 heteroatoms. The molecule has 0 saturated heterocycles. The maximum atomic E-state index is 11.6. The minimum Gasteiger partial charge on any atom is -0.113 e. The van der Waals surface area contributed by atoms with Gasteiger partial charge in [0.05, 0.1) is 4.28 Å². The second kappa shape index (κ2) is 13.5. The zero-order valence-electron chi connectivity index (χ0n) is 14.8. The van der Waals surface area contributed by atoms with Crippen LogP contribution < -0.4 is 5.48 Å². The van der Waals surface area contributed by atoms with E-state index in [4.69, 9.17) is 8.47 Å². The zero-order chi connectivity index (χ0) is 17.5. The molecule has 1 unspecified atom stereocenters. The standard InChI is InChI=1S/C18H31NO4S/c1-2-3-4-5-6-7-8-9-10-14-17-22-24(20,21)23-19-18-15-12-11-13-16-18/h11-13,15-16,19H,2-10,14,17H2,1H3/q+1/p+1. The maximum absolute atomic E-state index is 11.6. The monoisotopic (exact) mass is 358 g/mol. The Balaban J connectivity index is 1.95. The Labute approximate surface area is 147 Å². The van der Waals surface area contributed by atoms with E-state index in [2.05, 4.69) is 6.92 Å². The molecule has 0 aromatic heterocycles. The van der Waals surface area contributed by atoms with Gasteiger partial charge in [-0.3, -0.25) is 0 Å². The molecule has 0 amide bonds. The molecule has 24 heavy (non-hydrogen) atoms. The van der Waals surface area contributed by atoms with Crippen molar-refractivity contribution < 1.29 is 22.7 Å². The van der Waals surface area contributed by atoms with Crippen molar-refractivity contribution in [3.8, 4) is 0 Å². The van der Waals surface area contributed by atoms with Crippen LogP contribution in [0.3, 0.4) is 0 Å². The van der Waals surface area contributed by atoms with Crippen molar-refractivity contribution in [1.82, 2.24) is 0 Å². The van der Waals surface area contributed by atoms with Gasteiger partial charge in [0, 0.05) is 16.3 Å². The minimum atomic E-state index is -3.95. The number of benzene rings is 1. The molecule has 0 spiro atoms. The van der Waals surface area contributed by atoms with Crippen molar-refractivity contribution in [3.63, 3.8) is 0 Å². The number of unbranched alkanes of at least 4 members (excludes halogenated alkanes) is 9. The van der Waals surface area contributed by atoms with Crippen LogP contribution in [0.1, 0.15) is 71.1 Å². The molecular formula is C18H32NO4S+2. The van der Waals surface area contributed by atoms with Gasteiger partial charge in [-0.2, -0.15) is 0 Å². The first-order chi connectivity index (χ1) is 11.6. The van der Waals surface area contributed by atoms with Crippen LogP contribution in [0, 0.1) is 0 Å². The molecule has 0 aliphatic carbocycles. The fourth-order valence-corrected chi connectivity index (χ4v) is 3.03. The van der Waals surface area contributed by atoms with Crippen molar-refractivity contribution in [2.24, 2.45) is 0 Å². The Morgan fingerprint density at radius 2 is 1.42 bits per heavy atom. The topological polar surface area (TPSA) is 72.0 Å². The number of rotatable bonds is 15. The molecule has 0 heterocycles. The molecule has 0 aliphatic heterocycles. The Kier molecular flexibility index (Phi) is 12.0. The highest BCUT2D eigenvalue weighted by Crippen LogP contribution is 2.11. The second-order valence-corrected chi connectivity index (χ2v) is 7.28. The number of hydrogen-bond donors (Lipinski definition) is 1. The molecule has 2 N–H and O–H groups in total. The number of quaternary nitrogens is 1. The summed E-state index contributed by atoms with van der Waals surface area (Å²) >= 11 is 0. The third kappa shape index (κ3) is 11.7. The SMILES string of the molecule is CCCCCCCCCCCCO[S+]([O])(=O)O[NH2+]c1ccccc1. The Morgan fingerprint density at radius 1 is 0.875 bits per heavy atom. The first-order valence-electron chi connectivity index (χ1n) is 9.10. The average Bonchev–Trinajstić information content (AvgIpc) is 2.59. The molecule has 1 radical (unpaired) electrons. The van der Waals surface area contributed by atoms with Gasteiger partial charge in [0.1, 0.15) is 11.2 Å². The van der Waals surface area contributed by atoms with E-state index in [-0.39, 0.29) is 6.61 Å². The summed E-state index contributed by atoms with van der Waals surface area (Å²) < 4.78 is 32.8. The third-order valence-corrected chi connectivity index (χ3v) is 4.61. The summed E-state index contributed by atoms with van der Waals surface area (Å²) in [6.45, 7) is 2.41.